The molecule has 0 N–H and O–H groups in total. The number of hydrogen-bond donors (Lipinski definition) is 0. The van der Waals surface area contributed by atoms with E-state index in [1.165, 1.54) is 28.3 Å². The maximum absolute atomic E-state index is 5.82. The molecule has 1 nitrogen and oxygen atoms in total. The van der Waals surface area contributed by atoms with E-state index < -0.39 is 0 Å². The number of rotatable bonds is 4. The van der Waals surface area contributed by atoms with Crippen molar-refractivity contribution in [1.82, 2.24) is 0 Å². The topological polar surface area (TPSA) is 9.23 Å². The van der Waals surface area contributed by atoms with Gasteiger partial charge in [0.15, 0.2) is 0 Å². The first-order valence-electron chi connectivity index (χ1n) is 6.35. The maximum atomic E-state index is 5.82. The van der Waals surface area contributed by atoms with Crippen molar-refractivity contribution < 1.29 is 4.74 Å². The summed E-state index contributed by atoms with van der Waals surface area (Å²) in [6, 6.07) is 10.8. The molecule has 2 aromatic rings. The lowest BCUT2D eigenvalue weighted by Gasteiger charge is -2.11. The van der Waals surface area contributed by atoms with Gasteiger partial charge in [0, 0.05) is 0 Å². The van der Waals surface area contributed by atoms with Gasteiger partial charge in [-0.25, -0.2) is 0 Å². The molecule has 0 atom stereocenters. The second-order valence-electron chi connectivity index (χ2n) is 4.62. The predicted molar refractivity (Wildman–Crippen MR) is 73.8 cm³/mol. The van der Waals surface area contributed by atoms with Crippen LogP contribution in [0.15, 0.2) is 30.3 Å². The number of unbranched alkanes of at least 4 members (excludes halogenated alkanes) is 1. The van der Waals surface area contributed by atoms with E-state index in [1.54, 1.807) is 0 Å². The van der Waals surface area contributed by atoms with Crippen LogP contribution in [0, 0.1) is 13.8 Å². The molecule has 90 valence electrons. The Bertz CT molecular complexity index is 514. The molecule has 0 unspecified atom stereocenters. The van der Waals surface area contributed by atoms with Gasteiger partial charge in [-0.15, -0.1) is 0 Å². The molecular formula is C16H20O. The van der Waals surface area contributed by atoms with Crippen LogP contribution in [0.3, 0.4) is 0 Å². The molecule has 0 aliphatic heterocycles. The average Bonchev–Trinajstić information content (AvgIpc) is 2.32. The number of fused-ring (bicyclic) bond motifs is 1. The molecule has 0 bridgehead atoms. The Morgan fingerprint density at radius 2 is 1.88 bits per heavy atom. The highest BCUT2D eigenvalue weighted by molar-refractivity contribution is 5.88. The fourth-order valence-corrected chi connectivity index (χ4v) is 2.07. The van der Waals surface area contributed by atoms with Crippen molar-refractivity contribution in [2.45, 2.75) is 33.6 Å². The first-order valence-corrected chi connectivity index (χ1v) is 6.35. The van der Waals surface area contributed by atoms with E-state index in [2.05, 4.69) is 51.1 Å². The number of hydrogen-bond acceptors (Lipinski definition) is 1. The predicted octanol–water partition coefficient (Wildman–Crippen LogP) is 4.64. The van der Waals surface area contributed by atoms with Crippen LogP contribution in [0.4, 0.5) is 0 Å². The van der Waals surface area contributed by atoms with Gasteiger partial charge in [0.05, 0.1) is 6.61 Å². The zero-order valence-corrected chi connectivity index (χ0v) is 10.9. The monoisotopic (exact) mass is 228 g/mol. The average molecular weight is 228 g/mol. The standard InChI is InChI=1S/C16H20O/c1-4-5-10-17-16-9-7-14-11-12(2)6-8-15(14)13(16)3/h6-9,11H,4-5,10H2,1-3H3. The van der Waals surface area contributed by atoms with Crippen molar-refractivity contribution in [1.29, 1.82) is 0 Å². The van der Waals surface area contributed by atoms with E-state index in [0.29, 0.717) is 0 Å². The largest absolute Gasteiger partial charge is 0.493 e. The van der Waals surface area contributed by atoms with Crippen molar-refractivity contribution >= 4 is 10.8 Å². The molecule has 2 rings (SSSR count). The fourth-order valence-electron chi connectivity index (χ4n) is 2.07. The van der Waals surface area contributed by atoms with Crippen molar-refractivity contribution in [2.75, 3.05) is 6.61 Å². The first-order chi connectivity index (χ1) is 8.22. The lowest BCUT2D eigenvalue weighted by Crippen LogP contribution is -1.98. The molecule has 0 radical (unpaired) electrons. The number of ether oxygens (including phenoxy) is 1. The molecule has 0 fully saturated rings. The Morgan fingerprint density at radius 3 is 2.65 bits per heavy atom. The van der Waals surface area contributed by atoms with Gasteiger partial charge < -0.3 is 4.74 Å². The van der Waals surface area contributed by atoms with E-state index >= 15 is 0 Å². The van der Waals surface area contributed by atoms with E-state index in [0.717, 1.165) is 18.8 Å². The lowest BCUT2D eigenvalue weighted by atomic mass is 10.0. The summed E-state index contributed by atoms with van der Waals surface area (Å²) in [5, 5.41) is 2.59. The molecule has 0 saturated heterocycles. The Morgan fingerprint density at radius 1 is 1.06 bits per heavy atom. The van der Waals surface area contributed by atoms with Crippen LogP contribution in [0.1, 0.15) is 30.9 Å². The first kappa shape index (κ1) is 12.0. The zero-order chi connectivity index (χ0) is 12.3. The van der Waals surface area contributed by atoms with Crippen LogP contribution in [-0.4, -0.2) is 6.61 Å². The Balaban J connectivity index is 2.33. The fraction of sp³-hybridized carbons (Fsp3) is 0.375. The Labute approximate surface area is 103 Å². The Kier molecular flexibility index (Phi) is 3.68. The van der Waals surface area contributed by atoms with Gasteiger partial charge >= 0.3 is 0 Å². The molecule has 2 aromatic carbocycles. The third kappa shape index (κ3) is 2.60. The zero-order valence-electron chi connectivity index (χ0n) is 10.9. The number of aryl methyl sites for hydroxylation is 2. The second kappa shape index (κ2) is 5.22. The van der Waals surface area contributed by atoms with Gasteiger partial charge in [-0.3, -0.25) is 0 Å². The van der Waals surface area contributed by atoms with Crippen molar-refractivity contribution in [3.63, 3.8) is 0 Å². The molecule has 0 aliphatic rings. The van der Waals surface area contributed by atoms with Gasteiger partial charge in [0.1, 0.15) is 5.75 Å². The highest BCUT2D eigenvalue weighted by atomic mass is 16.5. The minimum absolute atomic E-state index is 0.814. The van der Waals surface area contributed by atoms with E-state index in [9.17, 15) is 0 Å². The highest BCUT2D eigenvalue weighted by Crippen LogP contribution is 2.28. The van der Waals surface area contributed by atoms with Crippen LogP contribution >= 0.6 is 0 Å². The normalized spacial score (nSPS) is 10.8. The lowest BCUT2D eigenvalue weighted by molar-refractivity contribution is 0.308. The quantitative estimate of drug-likeness (QED) is 0.693. The summed E-state index contributed by atoms with van der Waals surface area (Å²) in [5.74, 6) is 1.02. The van der Waals surface area contributed by atoms with Crippen LogP contribution in [0.5, 0.6) is 5.75 Å². The van der Waals surface area contributed by atoms with Gasteiger partial charge in [-0.1, -0.05) is 43.2 Å². The molecule has 0 saturated carbocycles. The van der Waals surface area contributed by atoms with E-state index in [1.807, 2.05) is 0 Å². The molecule has 17 heavy (non-hydrogen) atoms. The third-order valence-corrected chi connectivity index (χ3v) is 3.15. The number of benzene rings is 2. The van der Waals surface area contributed by atoms with Crippen molar-refractivity contribution in [3.8, 4) is 5.75 Å². The summed E-state index contributed by atoms with van der Waals surface area (Å²) in [7, 11) is 0. The second-order valence-corrected chi connectivity index (χ2v) is 4.62. The smallest absolute Gasteiger partial charge is 0.122 e. The molecular weight excluding hydrogens is 208 g/mol. The molecule has 0 aliphatic carbocycles. The van der Waals surface area contributed by atoms with Gasteiger partial charge in [-0.2, -0.15) is 0 Å². The molecule has 1 heteroatoms. The maximum Gasteiger partial charge on any atom is 0.122 e. The van der Waals surface area contributed by atoms with Crippen LogP contribution in [0.25, 0.3) is 10.8 Å². The molecule has 0 heterocycles. The SMILES string of the molecule is CCCCOc1ccc2cc(C)ccc2c1C. The summed E-state index contributed by atoms with van der Waals surface area (Å²) >= 11 is 0. The van der Waals surface area contributed by atoms with Crippen LogP contribution in [0.2, 0.25) is 0 Å². The molecule has 0 spiro atoms. The van der Waals surface area contributed by atoms with Crippen molar-refractivity contribution in [3.05, 3.63) is 41.5 Å². The summed E-state index contributed by atoms with van der Waals surface area (Å²) < 4.78 is 5.82. The van der Waals surface area contributed by atoms with Gasteiger partial charge in [0.2, 0.25) is 0 Å². The minimum atomic E-state index is 0.814. The minimum Gasteiger partial charge on any atom is -0.493 e. The highest BCUT2D eigenvalue weighted by Gasteiger charge is 2.04. The summed E-state index contributed by atoms with van der Waals surface area (Å²) in [6.45, 7) is 7.26. The van der Waals surface area contributed by atoms with Gasteiger partial charge in [-0.05, 0) is 42.7 Å². The molecule has 0 amide bonds. The Hall–Kier alpha value is -1.50. The summed E-state index contributed by atoms with van der Waals surface area (Å²) in [6.07, 6.45) is 2.29. The third-order valence-electron chi connectivity index (χ3n) is 3.15. The summed E-state index contributed by atoms with van der Waals surface area (Å²) in [5.41, 5.74) is 2.55. The molecule has 0 aromatic heterocycles. The van der Waals surface area contributed by atoms with Gasteiger partial charge in [0.25, 0.3) is 0 Å². The van der Waals surface area contributed by atoms with Crippen LogP contribution < -0.4 is 4.74 Å². The van der Waals surface area contributed by atoms with E-state index in [-0.39, 0.29) is 0 Å². The van der Waals surface area contributed by atoms with Crippen molar-refractivity contribution in [2.24, 2.45) is 0 Å². The summed E-state index contributed by atoms with van der Waals surface area (Å²) in [4.78, 5) is 0. The van der Waals surface area contributed by atoms with E-state index in [4.69, 9.17) is 4.74 Å². The van der Waals surface area contributed by atoms with Crippen LogP contribution in [-0.2, 0) is 0 Å².